The highest BCUT2D eigenvalue weighted by atomic mass is 16.5. The normalized spacial score (nSPS) is 15.4. The molecule has 2 aromatic carbocycles. The summed E-state index contributed by atoms with van der Waals surface area (Å²) in [6.07, 6.45) is 2.45. The molecule has 0 unspecified atom stereocenters. The molecule has 2 nitrogen and oxygen atoms in total. The lowest BCUT2D eigenvalue weighted by molar-refractivity contribution is 0.0907. The maximum Gasteiger partial charge on any atom is 0.0717 e. The quantitative estimate of drug-likeness (QED) is 0.776. The molecule has 0 spiro atoms. The first-order valence-corrected chi connectivity index (χ1v) is 7.82. The van der Waals surface area contributed by atoms with Crippen LogP contribution in [0.5, 0.6) is 0 Å². The van der Waals surface area contributed by atoms with E-state index in [4.69, 9.17) is 4.74 Å². The first-order chi connectivity index (χ1) is 10.4. The minimum Gasteiger partial charge on any atom is -0.375 e. The predicted octanol–water partition coefficient (Wildman–Crippen LogP) is 3.65. The lowest BCUT2D eigenvalue weighted by atomic mass is 10.0. The van der Waals surface area contributed by atoms with Gasteiger partial charge in [0.1, 0.15) is 0 Å². The highest BCUT2D eigenvalue weighted by Gasteiger charge is 2.13. The number of nitrogens with zero attached hydrogens (tertiary/aromatic N) is 1. The van der Waals surface area contributed by atoms with Crippen molar-refractivity contribution >= 4 is 0 Å². The van der Waals surface area contributed by atoms with Crippen molar-refractivity contribution in [2.45, 2.75) is 26.0 Å². The molecule has 21 heavy (non-hydrogen) atoms. The highest BCUT2D eigenvalue weighted by Crippen LogP contribution is 2.18. The SMILES string of the molecule is c1ccc(COCCN2CCCc3ccccc3C2)cc1. The van der Waals surface area contributed by atoms with E-state index in [1.807, 2.05) is 6.07 Å². The van der Waals surface area contributed by atoms with Crippen LogP contribution in [-0.4, -0.2) is 24.6 Å². The topological polar surface area (TPSA) is 12.5 Å². The molecule has 0 amide bonds. The number of hydrogen-bond acceptors (Lipinski definition) is 2. The number of ether oxygens (including phenoxy) is 1. The third-order valence-electron chi connectivity index (χ3n) is 4.10. The average Bonchev–Trinajstić information content (AvgIpc) is 2.74. The van der Waals surface area contributed by atoms with Crippen molar-refractivity contribution < 1.29 is 4.74 Å². The number of fused-ring (bicyclic) bond motifs is 1. The van der Waals surface area contributed by atoms with E-state index in [2.05, 4.69) is 53.4 Å². The summed E-state index contributed by atoms with van der Waals surface area (Å²) in [5, 5.41) is 0. The maximum absolute atomic E-state index is 5.81. The van der Waals surface area contributed by atoms with E-state index in [0.717, 1.165) is 19.7 Å². The van der Waals surface area contributed by atoms with Gasteiger partial charge in [-0.05, 0) is 36.1 Å². The molecule has 0 atom stereocenters. The van der Waals surface area contributed by atoms with Crippen LogP contribution in [0.2, 0.25) is 0 Å². The van der Waals surface area contributed by atoms with Gasteiger partial charge in [-0.2, -0.15) is 0 Å². The average molecular weight is 281 g/mol. The van der Waals surface area contributed by atoms with Gasteiger partial charge in [0.15, 0.2) is 0 Å². The molecule has 1 aliphatic rings. The van der Waals surface area contributed by atoms with Crippen molar-refractivity contribution in [3.8, 4) is 0 Å². The van der Waals surface area contributed by atoms with Gasteiger partial charge in [0.05, 0.1) is 13.2 Å². The Bertz CT molecular complexity index is 553. The molecule has 0 fully saturated rings. The Hall–Kier alpha value is -1.64. The van der Waals surface area contributed by atoms with Crippen molar-refractivity contribution in [1.29, 1.82) is 0 Å². The maximum atomic E-state index is 5.81. The summed E-state index contributed by atoms with van der Waals surface area (Å²) in [5.41, 5.74) is 4.25. The van der Waals surface area contributed by atoms with E-state index in [1.165, 1.54) is 36.1 Å². The summed E-state index contributed by atoms with van der Waals surface area (Å²) < 4.78 is 5.81. The molecule has 3 rings (SSSR count). The Morgan fingerprint density at radius 3 is 2.52 bits per heavy atom. The Morgan fingerprint density at radius 1 is 0.905 bits per heavy atom. The van der Waals surface area contributed by atoms with Crippen LogP contribution in [0.25, 0.3) is 0 Å². The summed E-state index contributed by atoms with van der Waals surface area (Å²) in [5.74, 6) is 0. The van der Waals surface area contributed by atoms with E-state index in [0.29, 0.717) is 6.61 Å². The zero-order valence-electron chi connectivity index (χ0n) is 12.5. The molecule has 0 saturated carbocycles. The molecule has 2 aromatic rings. The summed E-state index contributed by atoms with van der Waals surface area (Å²) >= 11 is 0. The van der Waals surface area contributed by atoms with Crippen LogP contribution >= 0.6 is 0 Å². The van der Waals surface area contributed by atoms with E-state index in [1.54, 1.807) is 0 Å². The third kappa shape index (κ3) is 4.16. The minimum atomic E-state index is 0.714. The van der Waals surface area contributed by atoms with E-state index in [9.17, 15) is 0 Å². The molecular formula is C19H23NO. The highest BCUT2D eigenvalue weighted by molar-refractivity contribution is 5.28. The third-order valence-corrected chi connectivity index (χ3v) is 4.10. The standard InChI is InChI=1S/C19H23NO/c1-2-7-17(8-3-1)16-21-14-13-20-12-6-11-18-9-4-5-10-19(18)15-20/h1-5,7-10H,6,11-16H2. The Morgan fingerprint density at radius 2 is 1.67 bits per heavy atom. The van der Waals surface area contributed by atoms with Gasteiger partial charge >= 0.3 is 0 Å². The van der Waals surface area contributed by atoms with E-state index in [-0.39, 0.29) is 0 Å². The molecule has 0 saturated heterocycles. The first kappa shape index (κ1) is 14.3. The molecule has 0 aromatic heterocycles. The van der Waals surface area contributed by atoms with Gasteiger partial charge in [-0.15, -0.1) is 0 Å². The second-order valence-corrected chi connectivity index (χ2v) is 5.69. The van der Waals surface area contributed by atoms with Gasteiger partial charge in [0.25, 0.3) is 0 Å². The van der Waals surface area contributed by atoms with Gasteiger partial charge in [0.2, 0.25) is 0 Å². The smallest absolute Gasteiger partial charge is 0.0717 e. The van der Waals surface area contributed by atoms with E-state index < -0.39 is 0 Å². The molecular weight excluding hydrogens is 258 g/mol. The predicted molar refractivity (Wildman–Crippen MR) is 86.1 cm³/mol. The van der Waals surface area contributed by atoms with Gasteiger partial charge in [-0.3, -0.25) is 4.90 Å². The molecule has 1 heterocycles. The second kappa shape index (κ2) is 7.39. The summed E-state index contributed by atoms with van der Waals surface area (Å²) in [4.78, 5) is 2.51. The van der Waals surface area contributed by atoms with Crippen molar-refractivity contribution in [1.82, 2.24) is 4.90 Å². The fourth-order valence-corrected chi connectivity index (χ4v) is 2.92. The molecule has 2 heteroatoms. The molecule has 1 aliphatic heterocycles. The molecule has 0 radical (unpaired) electrons. The van der Waals surface area contributed by atoms with Gasteiger partial charge < -0.3 is 4.74 Å². The van der Waals surface area contributed by atoms with E-state index >= 15 is 0 Å². The number of rotatable bonds is 5. The second-order valence-electron chi connectivity index (χ2n) is 5.69. The monoisotopic (exact) mass is 281 g/mol. The molecule has 0 aliphatic carbocycles. The summed E-state index contributed by atoms with van der Waals surface area (Å²) in [6.45, 7) is 4.76. The zero-order valence-corrected chi connectivity index (χ0v) is 12.5. The zero-order chi connectivity index (χ0) is 14.3. The van der Waals surface area contributed by atoms with Gasteiger partial charge in [-0.1, -0.05) is 54.6 Å². The Labute approximate surface area is 127 Å². The minimum absolute atomic E-state index is 0.714. The summed E-state index contributed by atoms with van der Waals surface area (Å²) in [6, 6.07) is 19.2. The van der Waals surface area contributed by atoms with Crippen molar-refractivity contribution in [2.24, 2.45) is 0 Å². The van der Waals surface area contributed by atoms with Crippen LogP contribution in [0.3, 0.4) is 0 Å². The van der Waals surface area contributed by atoms with Crippen LogP contribution < -0.4 is 0 Å². The first-order valence-electron chi connectivity index (χ1n) is 7.82. The van der Waals surface area contributed by atoms with Crippen LogP contribution in [0.1, 0.15) is 23.1 Å². The van der Waals surface area contributed by atoms with Crippen molar-refractivity contribution in [3.63, 3.8) is 0 Å². The number of hydrogen-bond donors (Lipinski definition) is 0. The fraction of sp³-hybridized carbons (Fsp3) is 0.368. The molecule has 0 bridgehead atoms. The van der Waals surface area contributed by atoms with Gasteiger partial charge in [-0.25, -0.2) is 0 Å². The largest absolute Gasteiger partial charge is 0.375 e. The van der Waals surface area contributed by atoms with Crippen molar-refractivity contribution in [3.05, 3.63) is 71.3 Å². The lowest BCUT2D eigenvalue weighted by Gasteiger charge is -2.20. The Kier molecular flexibility index (Phi) is 5.03. The Balaban J connectivity index is 1.45. The number of aryl methyl sites for hydroxylation is 1. The fourth-order valence-electron chi connectivity index (χ4n) is 2.92. The van der Waals surface area contributed by atoms with Gasteiger partial charge in [0, 0.05) is 13.1 Å². The van der Waals surface area contributed by atoms with Crippen LogP contribution in [0, 0.1) is 0 Å². The lowest BCUT2D eigenvalue weighted by Crippen LogP contribution is -2.27. The van der Waals surface area contributed by atoms with Crippen LogP contribution in [0.15, 0.2) is 54.6 Å². The van der Waals surface area contributed by atoms with Crippen LogP contribution in [0.4, 0.5) is 0 Å². The number of benzene rings is 2. The summed E-state index contributed by atoms with van der Waals surface area (Å²) in [7, 11) is 0. The van der Waals surface area contributed by atoms with Crippen LogP contribution in [-0.2, 0) is 24.3 Å². The van der Waals surface area contributed by atoms with Crippen molar-refractivity contribution in [2.75, 3.05) is 19.7 Å². The molecule has 0 N–H and O–H groups in total. The molecule has 110 valence electrons.